The summed E-state index contributed by atoms with van der Waals surface area (Å²) >= 11 is 11.5. The Morgan fingerprint density at radius 2 is 1.86 bits per heavy atom. The van der Waals surface area contributed by atoms with Crippen LogP contribution in [0.2, 0.25) is 5.02 Å². The van der Waals surface area contributed by atoms with Crippen LogP contribution in [-0.2, 0) is 0 Å². The molecule has 78 valence electrons. The number of ether oxygens (including phenoxy) is 2. The maximum absolute atomic E-state index is 5.91. The first kappa shape index (κ1) is 11.3. The van der Waals surface area contributed by atoms with Gasteiger partial charge in [0, 0.05) is 12.1 Å². The molecular weight excluding hydrogens is 225 g/mol. The molecule has 5 heteroatoms. The minimum absolute atomic E-state index is 0.293. The fourth-order valence-corrected chi connectivity index (χ4v) is 1.45. The smallest absolute Gasteiger partial charge is 0.143 e. The van der Waals surface area contributed by atoms with Gasteiger partial charge in [-0.05, 0) is 0 Å². The van der Waals surface area contributed by atoms with Crippen LogP contribution < -0.4 is 14.8 Å². The van der Waals surface area contributed by atoms with Gasteiger partial charge in [-0.25, -0.2) is 0 Å². The second-order valence-electron chi connectivity index (χ2n) is 2.50. The first-order valence-electron chi connectivity index (χ1n) is 3.94. The first-order chi connectivity index (χ1) is 6.72. The van der Waals surface area contributed by atoms with E-state index in [1.54, 1.807) is 26.4 Å². The van der Waals surface area contributed by atoms with Crippen LogP contribution >= 0.6 is 23.2 Å². The largest absolute Gasteiger partial charge is 0.495 e. The third-order valence-corrected chi connectivity index (χ3v) is 2.16. The summed E-state index contributed by atoms with van der Waals surface area (Å²) in [6, 6.07) is 3.71. The van der Waals surface area contributed by atoms with Gasteiger partial charge in [0.05, 0.1) is 30.9 Å². The molecule has 0 aliphatic heterocycles. The first-order valence-corrected chi connectivity index (χ1v) is 4.85. The second-order valence-corrected chi connectivity index (χ2v) is 3.17. The fourth-order valence-electron chi connectivity index (χ4n) is 1.07. The lowest BCUT2D eigenvalue weighted by Gasteiger charge is -2.12. The number of rotatable bonds is 4. The summed E-state index contributed by atoms with van der Waals surface area (Å²) < 4.78 is 10.2. The predicted octanol–water partition coefficient (Wildman–Crippen LogP) is 2.97. The van der Waals surface area contributed by atoms with Gasteiger partial charge in [0.15, 0.2) is 0 Å². The van der Waals surface area contributed by atoms with Gasteiger partial charge in [-0.3, -0.25) is 0 Å². The van der Waals surface area contributed by atoms with Crippen LogP contribution in [0, 0.1) is 0 Å². The monoisotopic (exact) mass is 235 g/mol. The molecule has 0 amide bonds. The number of alkyl halides is 1. The summed E-state index contributed by atoms with van der Waals surface area (Å²) in [5, 5.41) is 3.43. The number of halogens is 2. The fraction of sp³-hybridized carbons (Fsp3) is 0.333. The highest BCUT2D eigenvalue weighted by Gasteiger charge is 2.08. The Hall–Kier alpha value is -0.800. The molecule has 0 radical (unpaired) electrons. The van der Waals surface area contributed by atoms with Crippen LogP contribution in [0.3, 0.4) is 0 Å². The van der Waals surface area contributed by atoms with Gasteiger partial charge in [0.2, 0.25) is 0 Å². The van der Waals surface area contributed by atoms with Crippen molar-refractivity contribution in [1.82, 2.24) is 0 Å². The van der Waals surface area contributed by atoms with Crippen molar-refractivity contribution in [1.29, 1.82) is 0 Å². The van der Waals surface area contributed by atoms with Gasteiger partial charge >= 0.3 is 0 Å². The lowest BCUT2D eigenvalue weighted by molar-refractivity contribution is 0.405. The van der Waals surface area contributed by atoms with Crippen LogP contribution in [0.4, 0.5) is 5.69 Å². The number of hydrogen-bond acceptors (Lipinski definition) is 3. The molecule has 0 unspecified atom stereocenters. The van der Waals surface area contributed by atoms with E-state index in [4.69, 9.17) is 32.7 Å². The van der Waals surface area contributed by atoms with Crippen molar-refractivity contribution in [2.24, 2.45) is 0 Å². The van der Waals surface area contributed by atoms with Crippen molar-refractivity contribution in [2.75, 3.05) is 25.5 Å². The molecule has 0 aliphatic carbocycles. The molecule has 0 aromatic heterocycles. The van der Waals surface area contributed by atoms with E-state index >= 15 is 0 Å². The van der Waals surface area contributed by atoms with E-state index < -0.39 is 0 Å². The minimum Gasteiger partial charge on any atom is -0.495 e. The van der Waals surface area contributed by atoms with Crippen molar-refractivity contribution < 1.29 is 9.47 Å². The van der Waals surface area contributed by atoms with Crippen LogP contribution in [0.1, 0.15) is 0 Å². The molecule has 0 bridgehead atoms. The number of benzene rings is 1. The molecule has 0 spiro atoms. The normalized spacial score (nSPS) is 9.71. The molecule has 1 N–H and O–H groups in total. The molecule has 0 fully saturated rings. The van der Waals surface area contributed by atoms with Crippen molar-refractivity contribution in [2.45, 2.75) is 0 Å². The summed E-state index contributed by atoms with van der Waals surface area (Å²) in [5.41, 5.74) is 0.753. The summed E-state index contributed by atoms with van der Waals surface area (Å²) in [6.07, 6.45) is 0. The molecule has 3 nitrogen and oxygen atoms in total. The summed E-state index contributed by atoms with van der Waals surface area (Å²) in [6.45, 7) is 0. The Labute approximate surface area is 92.9 Å². The molecule has 0 atom stereocenters. The van der Waals surface area contributed by atoms with E-state index in [0.717, 1.165) is 5.69 Å². The zero-order chi connectivity index (χ0) is 10.6. The van der Waals surface area contributed by atoms with E-state index in [1.807, 2.05) is 0 Å². The van der Waals surface area contributed by atoms with Gasteiger partial charge in [-0.2, -0.15) is 0 Å². The third-order valence-electron chi connectivity index (χ3n) is 1.73. The maximum Gasteiger partial charge on any atom is 0.143 e. The van der Waals surface area contributed by atoms with Crippen molar-refractivity contribution in [3.05, 3.63) is 17.2 Å². The zero-order valence-electron chi connectivity index (χ0n) is 7.93. The van der Waals surface area contributed by atoms with Gasteiger partial charge in [0.1, 0.15) is 11.5 Å². The standard InChI is InChI=1S/C9H11Cl2NO2/c1-13-8-4-7(12-5-10)9(14-2)3-6(8)11/h3-4,12H,5H2,1-2H3. The van der Waals surface area contributed by atoms with E-state index in [-0.39, 0.29) is 0 Å². The predicted molar refractivity (Wildman–Crippen MR) is 58.9 cm³/mol. The molecule has 0 heterocycles. The Kier molecular flexibility index (Phi) is 4.17. The highest BCUT2D eigenvalue weighted by Crippen LogP contribution is 2.35. The van der Waals surface area contributed by atoms with Crippen LogP contribution in [0.25, 0.3) is 0 Å². The molecular formula is C9H11Cl2NO2. The summed E-state index contributed by atoms with van der Waals surface area (Å²) in [4.78, 5) is 0. The molecule has 1 aromatic rings. The topological polar surface area (TPSA) is 30.5 Å². The van der Waals surface area contributed by atoms with Crippen LogP contribution in [-0.4, -0.2) is 20.2 Å². The van der Waals surface area contributed by atoms with E-state index in [2.05, 4.69) is 5.32 Å². The summed E-state index contributed by atoms with van der Waals surface area (Å²) in [5.74, 6) is 1.22. The average Bonchev–Trinajstić information content (AvgIpc) is 2.20. The average molecular weight is 236 g/mol. The molecule has 14 heavy (non-hydrogen) atoms. The summed E-state index contributed by atoms with van der Waals surface area (Å²) in [7, 11) is 3.12. The quantitative estimate of drug-likeness (QED) is 0.643. The van der Waals surface area contributed by atoms with Crippen molar-refractivity contribution >= 4 is 28.9 Å². The molecule has 1 rings (SSSR count). The maximum atomic E-state index is 5.91. The Morgan fingerprint density at radius 3 is 2.36 bits per heavy atom. The second kappa shape index (κ2) is 5.17. The highest BCUT2D eigenvalue weighted by molar-refractivity contribution is 6.32. The lowest BCUT2D eigenvalue weighted by Crippen LogP contribution is -1.98. The number of methoxy groups -OCH3 is 2. The van der Waals surface area contributed by atoms with Crippen molar-refractivity contribution in [3.63, 3.8) is 0 Å². The van der Waals surface area contributed by atoms with Crippen LogP contribution in [0.15, 0.2) is 12.1 Å². The van der Waals surface area contributed by atoms with Crippen LogP contribution in [0.5, 0.6) is 11.5 Å². The minimum atomic E-state index is 0.293. The highest BCUT2D eigenvalue weighted by atomic mass is 35.5. The Bertz CT molecular complexity index is 318. The van der Waals surface area contributed by atoms with Gasteiger partial charge in [0.25, 0.3) is 0 Å². The zero-order valence-corrected chi connectivity index (χ0v) is 9.45. The SMILES string of the molecule is COc1cc(NCCl)c(OC)cc1Cl. The van der Waals surface area contributed by atoms with Gasteiger partial charge in [-0.15, -0.1) is 11.6 Å². The van der Waals surface area contributed by atoms with Crippen molar-refractivity contribution in [3.8, 4) is 11.5 Å². The third kappa shape index (κ3) is 2.36. The van der Waals surface area contributed by atoms with E-state index in [1.165, 1.54) is 0 Å². The number of nitrogens with one attached hydrogen (secondary N) is 1. The Balaban J connectivity index is 3.11. The molecule has 0 saturated carbocycles. The van der Waals surface area contributed by atoms with E-state index in [0.29, 0.717) is 22.5 Å². The molecule has 1 aromatic carbocycles. The van der Waals surface area contributed by atoms with Gasteiger partial charge < -0.3 is 14.8 Å². The number of anilines is 1. The molecule has 0 saturated heterocycles. The lowest BCUT2D eigenvalue weighted by atomic mass is 10.2. The Morgan fingerprint density at radius 1 is 1.21 bits per heavy atom. The molecule has 0 aliphatic rings. The number of hydrogen-bond donors (Lipinski definition) is 1. The van der Waals surface area contributed by atoms with E-state index in [9.17, 15) is 0 Å². The van der Waals surface area contributed by atoms with Gasteiger partial charge in [-0.1, -0.05) is 11.6 Å².